The molecule has 3 unspecified atom stereocenters. The van der Waals surface area contributed by atoms with Crippen LogP contribution in [0.5, 0.6) is 0 Å². The van der Waals surface area contributed by atoms with Gasteiger partial charge in [-0.2, -0.15) is 0 Å². The van der Waals surface area contributed by atoms with Crippen molar-refractivity contribution in [2.75, 3.05) is 6.54 Å². The van der Waals surface area contributed by atoms with Crippen molar-refractivity contribution < 1.29 is 19.4 Å². The first-order valence-corrected chi connectivity index (χ1v) is 6.47. The molecule has 0 radical (unpaired) electrons. The molecule has 1 fully saturated rings. The van der Waals surface area contributed by atoms with E-state index in [1.807, 2.05) is 6.92 Å². The quantitative estimate of drug-likeness (QED) is 0.335. The molecule has 108 valence electrons. The highest BCUT2D eigenvalue weighted by Crippen LogP contribution is 2.29. The number of aliphatic hydroxyl groups is 1. The minimum absolute atomic E-state index is 0.0196. The van der Waals surface area contributed by atoms with Crippen LogP contribution in [0.4, 0.5) is 0 Å². The van der Waals surface area contributed by atoms with Gasteiger partial charge < -0.3 is 9.84 Å². The summed E-state index contributed by atoms with van der Waals surface area (Å²) in [5.41, 5.74) is 8.81. The molecule has 0 aromatic carbocycles. The number of hydrogen-bond donors (Lipinski definition) is 2. The first-order valence-electron chi connectivity index (χ1n) is 6.47. The van der Waals surface area contributed by atoms with Gasteiger partial charge in [0.05, 0.1) is 30.8 Å². The Labute approximate surface area is 115 Å². The molecule has 0 aromatic heterocycles. The lowest BCUT2D eigenvalue weighted by atomic mass is 9.91. The molecule has 0 spiro atoms. The molecule has 2 N–H and O–H groups in total. The van der Waals surface area contributed by atoms with Crippen LogP contribution in [-0.4, -0.2) is 41.8 Å². The van der Waals surface area contributed by atoms with Crippen molar-refractivity contribution in [3.05, 3.63) is 22.1 Å². The smallest absolute Gasteiger partial charge is 0.253 e. The summed E-state index contributed by atoms with van der Waals surface area (Å²) < 4.78 is 5.58. The Kier molecular flexibility index (Phi) is 4.39. The van der Waals surface area contributed by atoms with Crippen LogP contribution in [0.3, 0.4) is 0 Å². The number of rotatable bonds is 4. The van der Waals surface area contributed by atoms with Crippen LogP contribution in [-0.2, 0) is 14.3 Å². The zero-order valence-electron chi connectivity index (χ0n) is 11.0. The molecule has 8 heteroatoms. The highest BCUT2D eigenvalue weighted by Gasteiger charge is 2.41. The Morgan fingerprint density at radius 2 is 2.35 bits per heavy atom. The molecule has 0 aliphatic carbocycles. The molecule has 0 saturated carbocycles. The molecule has 2 aliphatic rings. The Balaban J connectivity index is 2.12. The van der Waals surface area contributed by atoms with Crippen LogP contribution >= 0.6 is 0 Å². The number of azide groups is 1. The summed E-state index contributed by atoms with van der Waals surface area (Å²) >= 11 is 0. The Bertz CT molecular complexity index is 498. The lowest BCUT2D eigenvalue weighted by molar-refractivity contribution is -0.134. The van der Waals surface area contributed by atoms with E-state index in [4.69, 9.17) is 10.3 Å². The monoisotopic (exact) mass is 280 g/mol. The third-order valence-electron chi connectivity index (χ3n) is 3.57. The fourth-order valence-electron chi connectivity index (χ4n) is 2.47. The van der Waals surface area contributed by atoms with Gasteiger partial charge in [0.2, 0.25) is 5.91 Å². The number of amides is 2. The summed E-state index contributed by atoms with van der Waals surface area (Å²) in [6.07, 6.45) is 0.486. The summed E-state index contributed by atoms with van der Waals surface area (Å²) in [6.45, 7) is 1.85. The number of nitrogens with zero attached hydrogens (tertiary/aromatic N) is 3. The van der Waals surface area contributed by atoms with E-state index in [-0.39, 0.29) is 18.9 Å². The van der Waals surface area contributed by atoms with E-state index >= 15 is 0 Å². The van der Waals surface area contributed by atoms with Gasteiger partial charge in [-0.15, -0.1) is 0 Å². The predicted octanol–water partition coefficient (Wildman–Crippen LogP) is 0.424. The second-order valence-electron chi connectivity index (χ2n) is 4.82. The maximum atomic E-state index is 11.9. The van der Waals surface area contributed by atoms with Crippen LogP contribution in [0.15, 0.2) is 16.8 Å². The molecule has 4 atom stereocenters. The minimum Gasteiger partial charge on any atom is -0.390 e. The third-order valence-corrected chi connectivity index (χ3v) is 3.57. The van der Waals surface area contributed by atoms with Crippen LogP contribution < -0.4 is 5.32 Å². The van der Waals surface area contributed by atoms with Crippen LogP contribution in [0, 0.1) is 5.92 Å². The third kappa shape index (κ3) is 2.82. The van der Waals surface area contributed by atoms with Gasteiger partial charge in [-0.1, -0.05) is 18.1 Å². The zero-order chi connectivity index (χ0) is 14.7. The average molecular weight is 280 g/mol. The van der Waals surface area contributed by atoms with E-state index in [9.17, 15) is 14.7 Å². The van der Waals surface area contributed by atoms with Crippen molar-refractivity contribution in [2.24, 2.45) is 11.0 Å². The fraction of sp³-hybridized carbons (Fsp3) is 0.667. The number of nitrogens with one attached hydrogen (secondary N) is 1. The summed E-state index contributed by atoms with van der Waals surface area (Å²) in [6, 6.07) is 0. The molecule has 2 rings (SSSR count). The van der Waals surface area contributed by atoms with Gasteiger partial charge in [0.1, 0.15) is 0 Å². The molecular formula is C12H16N4O4. The topological polar surface area (TPSA) is 124 Å². The van der Waals surface area contributed by atoms with Crippen molar-refractivity contribution in [3.63, 3.8) is 0 Å². The fourth-order valence-corrected chi connectivity index (χ4v) is 2.47. The largest absolute Gasteiger partial charge is 0.390 e. The van der Waals surface area contributed by atoms with E-state index in [1.165, 1.54) is 0 Å². The number of imide groups is 1. The Hall–Kier alpha value is -1.89. The number of aliphatic hydroxyl groups excluding tert-OH is 1. The van der Waals surface area contributed by atoms with Crippen LogP contribution in [0.2, 0.25) is 0 Å². The first kappa shape index (κ1) is 14.5. The highest BCUT2D eigenvalue weighted by atomic mass is 16.5. The number of hydrogen-bond acceptors (Lipinski definition) is 5. The van der Waals surface area contributed by atoms with Gasteiger partial charge >= 0.3 is 0 Å². The Morgan fingerprint density at radius 3 is 3.00 bits per heavy atom. The number of ether oxygens (including phenoxy) is 1. The second kappa shape index (κ2) is 6.04. The standard InChI is InChI=1S/C12H16N4O4/c1-2-6-3-7(12(19)15-11(6)18)9-4-8(17)10(20-9)5-14-16-13/h3,7-10,17H,2,4-5H2,1H3,(H,15,18,19)/t7?,8-,9?,10?/m0/s1. The summed E-state index contributed by atoms with van der Waals surface area (Å²) in [5, 5.41) is 15.5. The van der Waals surface area contributed by atoms with E-state index in [1.54, 1.807) is 6.08 Å². The van der Waals surface area contributed by atoms with Crippen molar-refractivity contribution >= 4 is 11.8 Å². The van der Waals surface area contributed by atoms with Crippen molar-refractivity contribution in [2.45, 2.75) is 38.1 Å². The van der Waals surface area contributed by atoms with Crippen molar-refractivity contribution in [1.29, 1.82) is 0 Å². The van der Waals surface area contributed by atoms with Gasteiger partial charge in [0.25, 0.3) is 5.91 Å². The van der Waals surface area contributed by atoms with E-state index in [2.05, 4.69) is 15.3 Å². The van der Waals surface area contributed by atoms with Gasteiger partial charge in [-0.3, -0.25) is 14.9 Å². The van der Waals surface area contributed by atoms with Gasteiger partial charge in [-0.05, 0) is 12.0 Å². The molecular weight excluding hydrogens is 264 g/mol. The molecule has 2 aliphatic heterocycles. The molecule has 0 aromatic rings. The maximum absolute atomic E-state index is 11.9. The lowest BCUT2D eigenvalue weighted by Crippen LogP contribution is -2.44. The zero-order valence-corrected chi connectivity index (χ0v) is 11.0. The molecule has 2 amide bonds. The maximum Gasteiger partial charge on any atom is 0.253 e. The van der Waals surface area contributed by atoms with Crippen LogP contribution in [0.25, 0.3) is 10.4 Å². The van der Waals surface area contributed by atoms with Gasteiger partial charge in [0, 0.05) is 16.9 Å². The highest BCUT2D eigenvalue weighted by molar-refractivity contribution is 6.08. The first-order chi connectivity index (χ1) is 9.56. The molecule has 0 bridgehead atoms. The SMILES string of the molecule is CCC1=CC(C2C[C@H](O)C(CN=[N+]=[N-])O2)C(=O)NC1=O. The van der Waals surface area contributed by atoms with E-state index < -0.39 is 30.1 Å². The molecule has 8 nitrogen and oxygen atoms in total. The van der Waals surface area contributed by atoms with Gasteiger partial charge in [0.15, 0.2) is 0 Å². The van der Waals surface area contributed by atoms with E-state index in [0.717, 1.165) is 0 Å². The lowest BCUT2D eigenvalue weighted by Gasteiger charge is -2.24. The second-order valence-corrected chi connectivity index (χ2v) is 4.82. The summed E-state index contributed by atoms with van der Waals surface area (Å²) in [7, 11) is 0. The van der Waals surface area contributed by atoms with E-state index in [0.29, 0.717) is 12.0 Å². The molecule has 20 heavy (non-hydrogen) atoms. The minimum atomic E-state index is -0.783. The molecule has 2 heterocycles. The summed E-state index contributed by atoms with van der Waals surface area (Å²) in [5.74, 6) is -1.40. The number of carbonyl (C=O) groups is 2. The Morgan fingerprint density at radius 1 is 1.60 bits per heavy atom. The average Bonchev–Trinajstić information content (AvgIpc) is 2.77. The molecule has 1 saturated heterocycles. The summed E-state index contributed by atoms with van der Waals surface area (Å²) in [4.78, 5) is 26.0. The number of carbonyl (C=O) groups excluding carboxylic acids is 2. The predicted molar refractivity (Wildman–Crippen MR) is 68.3 cm³/mol. The van der Waals surface area contributed by atoms with Gasteiger partial charge in [-0.25, -0.2) is 0 Å². The van der Waals surface area contributed by atoms with Crippen molar-refractivity contribution in [1.82, 2.24) is 5.32 Å². The van der Waals surface area contributed by atoms with Crippen molar-refractivity contribution in [3.8, 4) is 0 Å². The van der Waals surface area contributed by atoms with Crippen LogP contribution in [0.1, 0.15) is 19.8 Å². The normalized spacial score (nSPS) is 33.4.